The van der Waals surface area contributed by atoms with Crippen molar-refractivity contribution in [2.75, 3.05) is 6.54 Å². The van der Waals surface area contributed by atoms with Crippen LogP contribution in [0.15, 0.2) is 204 Å². The fourth-order valence-corrected chi connectivity index (χ4v) is 9.11. The summed E-state index contributed by atoms with van der Waals surface area (Å²) in [6.07, 6.45) is 22.8. The monoisotopic (exact) mass is 743 g/mol. The zero-order chi connectivity index (χ0) is 37.7. The van der Waals surface area contributed by atoms with E-state index in [1.807, 2.05) is 36.8 Å². The second-order valence-electron chi connectivity index (χ2n) is 14.3. The minimum atomic E-state index is -0.468. The molecule has 2 aromatic heterocycles. The topological polar surface area (TPSA) is 63.1 Å². The summed E-state index contributed by atoms with van der Waals surface area (Å²) in [6.45, 7) is 5.20. The minimum Gasteiger partial charge on any atom is -0.375 e. The minimum absolute atomic E-state index is 0.0671. The molecule has 0 saturated heterocycles. The van der Waals surface area contributed by atoms with Gasteiger partial charge in [0.05, 0.1) is 22.8 Å². The van der Waals surface area contributed by atoms with Crippen LogP contribution in [-0.4, -0.2) is 27.7 Å². The van der Waals surface area contributed by atoms with Crippen molar-refractivity contribution in [1.29, 1.82) is 0 Å². The van der Waals surface area contributed by atoms with Gasteiger partial charge in [-0.2, -0.15) is 0 Å². The van der Waals surface area contributed by atoms with Gasteiger partial charge in [0.15, 0.2) is 0 Å². The summed E-state index contributed by atoms with van der Waals surface area (Å²) >= 11 is 1.78. The SMILES string of the molecule is C=C(NC(/C=C/C1/C=C/Sc2cc(-c3cc(-c4ccccc4)ncn3)ccc2C2(/C=C/C1)c1ccccc1-c1ccccc12)c1ccncc1)C1=CC=NCC1. The van der Waals surface area contributed by atoms with Crippen LogP contribution in [0.2, 0.25) is 0 Å². The lowest BCUT2D eigenvalue weighted by atomic mass is 9.71. The lowest BCUT2D eigenvalue weighted by Crippen LogP contribution is -2.25. The quantitative estimate of drug-likeness (QED) is 0.157. The van der Waals surface area contributed by atoms with Gasteiger partial charge in [-0.25, -0.2) is 9.97 Å². The second-order valence-corrected chi connectivity index (χ2v) is 15.2. The summed E-state index contributed by atoms with van der Waals surface area (Å²) in [5.74, 6) is 0.156. The van der Waals surface area contributed by atoms with E-state index in [9.17, 15) is 0 Å². The molecule has 0 radical (unpaired) electrons. The Labute approximate surface area is 333 Å². The Balaban J connectivity index is 1.12. The van der Waals surface area contributed by atoms with Crippen molar-refractivity contribution >= 4 is 18.0 Å². The number of benzene rings is 4. The van der Waals surface area contributed by atoms with Crippen LogP contribution in [0.1, 0.15) is 41.1 Å². The van der Waals surface area contributed by atoms with Crippen LogP contribution < -0.4 is 5.32 Å². The molecule has 4 heterocycles. The number of fused-ring (bicyclic) bond motifs is 7. The number of allylic oxidation sites excluding steroid dienone is 6. The maximum atomic E-state index is 4.76. The lowest BCUT2D eigenvalue weighted by Gasteiger charge is -2.32. The molecule has 0 saturated carbocycles. The maximum absolute atomic E-state index is 4.76. The smallest absolute Gasteiger partial charge is 0.116 e. The van der Waals surface area contributed by atoms with E-state index >= 15 is 0 Å². The van der Waals surface area contributed by atoms with Gasteiger partial charge < -0.3 is 5.32 Å². The third-order valence-corrected chi connectivity index (χ3v) is 11.8. The van der Waals surface area contributed by atoms with E-state index in [1.165, 1.54) is 38.3 Å². The summed E-state index contributed by atoms with van der Waals surface area (Å²) in [5, 5.41) is 5.98. The number of nitrogens with one attached hydrogen (secondary N) is 1. The first-order valence-electron chi connectivity index (χ1n) is 19.1. The molecular formula is C50H41N5S. The standard InChI is InChI=1S/C50H41N5S/c1-35(37-21-27-51-28-22-37)55-46(39-23-29-52-30-24-39)20-17-36-10-9-26-50(43-15-7-5-13-41(43)42-14-6-8-16-44(42)50)45-19-18-40(32-49(45)56-31-25-36)48-33-47(53-34-54-48)38-11-3-2-4-12-38/h2-9,11-21,23-27,29-34,36,46,55H,1,10,22,28H2/b20-17+,26-9+,31-25+. The number of hydrogen-bond acceptors (Lipinski definition) is 6. The van der Waals surface area contributed by atoms with E-state index < -0.39 is 5.41 Å². The highest BCUT2D eigenvalue weighted by atomic mass is 32.2. The van der Waals surface area contributed by atoms with Crippen molar-refractivity contribution < 1.29 is 0 Å². The van der Waals surface area contributed by atoms with Gasteiger partial charge in [-0.3, -0.25) is 9.98 Å². The van der Waals surface area contributed by atoms with Crippen LogP contribution in [0.3, 0.4) is 0 Å². The molecule has 0 amide bonds. The highest BCUT2D eigenvalue weighted by Gasteiger charge is 2.44. The van der Waals surface area contributed by atoms with E-state index in [0.29, 0.717) is 0 Å². The largest absolute Gasteiger partial charge is 0.375 e. The number of aromatic nitrogens is 3. The Morgan fingerprint density at radius 1 is 0.804 bits per heavy atom. The molecule has 2 unspecified atom stereocenters. The average Bonchev–Trinajstić information content (AvgIpc) is 3.55. The van der Waals surface area contributed by atoms with Crippen molar-refractivity contribution in [3.63, 3.8) is 0 Å². The zero-order valence-corrected chi connectivity index (χ0v) is 31.8. The van der Waals surface area contributed by atoms with E-state index in [1.54, 1.807) is 18.1 Å². The summed E-state index contributed by atoms with van der Waals surface area (Å²) in [4.78, 5) is 19.2. The van der Waals surface area contributed by atoms with E-state index in [0.717, 1.165) is 53.2 Å². The second kappa shape index (κ2) is 15.8. The van der Waals surface area contributed by atoms with Gasteiger partial charge in [0, 0.05) is 46.9 Å². The van der Waals surface area contributed by atoms with Gasteiger partial charge >= 0.3 is 0 Å². The molecular weight excluding hydrogens is 703 g/mol. The summed E-state index contributed by atoms with van der Waals surface area (Å²) in [7, 11) is 0. The molecule has 2 aliphatic heterocycles. The van der Waals surface area contributed by atoms with Gasteiger partial charge in [-0.1, -0.05) is 140 Å². The Kier molecular flexibility index (Phi) is 9.95. The van der Waals surface area contributed by atoms with Crippen molar-refractivity contribution in [1.82, 2.24) is 20.3 Å². The number of hydrogen-bond donors (Lipinski definition) is 1. The number of pyridine rings is 1. The lowest BCUT2D eigenvalue weighted by molar-refractivity contribution is 0.700. The molecule has 0 bridgehead atoms. The van der Waals surface area contributed by atoms with Crippen LogP contribution in [0.5, 0.6) is 0 Å². The van der Waals surface area contributed by atoms with Crippen LogP contribution in [-0.2, 0) is 5.41 Å². The van der Waals surface area contributed by atoms with Crippen molar-refractivity contribution in [3.8, 4) is 33.6 Å². The van der Waals surface area contributed by atoms with Gasteiger partial charge in [0.2, 0.25) is 0 Å². The number of dihydropyridines is 1. The van der Waals surface area contributed by atoms with Crippen LogP contribution in [0, 0.1) is 5.92 Å². The molecule has 9 rings (SSSR count). The molecule has 2 atom stereocenters. The van der Waals surface area contributed by atoms with E-state index in [-0.39, 0.29) is 12.0 Å². The number of thioether (sulfide) groups is 1. The van der Waals surface area contributed by atoms with Crippen LogP contribution in [0.4, 0.5) is 0 Å². The van der Waals surface area contributed by atoms with Gasteiger partial charge in [0.1, 0.15) is 6.33 Å². The van der Waals surface area contributed by atoms with Gasteiger partial charge in [-0.15, -0.1) is 0 Å². The third-order valence-electron chi connectivity index (χ3n) is 11.0. The molecule has 5 nitrogen and oxygen atoms in total. The average molecular weight is 744 g/mol. The van der Waals surface area contributed by atoms with Crippen LogP contribution in [0.25, 0.3) is 33.6 Å². The molecule has 56 heavy (non-hydrogen) atoms. The molecule has 1 aliphatic carbocycles. The Bertz CT molecular complexity index is 2500. The van der Waals surface area contributed by atoms with Gasteiger partial charge in [-0.05, 0) is 93.5 Å². The fraction of sp³-hybridized carbons (Fsp3) is 0.120. The summed E-state index contributed by atoms with van der Waals surface area (Å²) in [5.41, 5.74) is 13.1. The predicted octanol–water partition coefficient (Wildman–Crippen LogP) is 11.5. The first-order valence-corrected chi connectivity index (χ1v) is 20.0. The molecule has 3 aliphatic rings. The Morgan fingerprint density at radius 3 is 2.29 bits per heavy atom. The first kappa shape index (κ1) is 35.3. The summed E-state index contributed by atoms with van der Waals surface area (Å²) < 4.78 is 0. The number of aliphatic imine (C=N–C) groups is 1. The number of rotatable bonds is 8. The van der Waals surface area contributed by atoms with E-state index in [4.69, 9.17) is 4.98 Å². The van der Waals surface area contributed by atoms with E-state index in [2.05, 4.69) is 166 Å². The molecule has 0 fully saturated rings. The van der Waals surface area contributed by atoms with Crippen molar-refractivity contribution in [2.24, 2.45) is 10.9 Å². The van der Waals surface area contributed by atoms with Gasteiger partial charge in [0.25, 0.3) is 0 Å². The van der Waals surface area contributed by atoms with Crippen molar-refractivity contribution in [3.05, 3.63) is 216 Å². The third kappa shape index (κ3) is 6.89. The molecule has 272 valence electrons. The molecule has 4 aromatic carbocycles. The highest BCUT2D eigenvalue weighted by Crippen LogP contribution is 2.55. The zero-order valence-electron chi connectivity index (χ0n) is 31.0. The van der Waals surface area contributed by atoms with Crippen molar-refractivity contribution in [2.45, 2.75) is 29.2 Å². The van der Waals surface area contributed by atoms with Crippen LogP contribution >= 0.6 is 11.8 Å². The normalized spacial score (nSPS) is 18.3. The Morgan fingerprint density at radius 2 is 1.54 bits per heavy atom. The maximum Gasteiger partial charge on any atom is 0.116 e. The summed E-state index contributed by atoms with van der Waals surface area (Å²) in [6, 6.07) is 41.1. The molecule has 6 aromatic rings. The predicted molar refractivity (Wildman–Crippen MR) is 231 cm³/mol. The molecule has 1 N–H and O–H groups in total. The highest BCUT2D eigenvalue weighted by molar-refractivity contribution is 8.02. The Hall–Kier alpha value is -6.37. The first-order chi connectivity index (χ1) is 27.7. The molecule has 6 heteroatoms. The molecule has 1 spiro atoms. The fourth-order valence-electron chi connectivity index (χ4n) is 8.14. The number of nitrogens with zero attached hydrogens (tertiary/aromatic N) is 4.